The van der Waals surface area contributed by atoms with Crippen LogP contribution in [0.1, 0.15) is 0 Å². The summed E-state index contributed by atoms with van der Waals surface area (Å²) in [5.41, 5.74) is 1.00. The van der Waals surface area contributed by atoms with Gasteiger partial charge in [0.25, 0.3) is 10.0 Å². The number of halogens is 3. The molecule has 3 aromatic rings. The molecule has 3 aromatic carbocycles. The Morgan fingerprint density at radius 1 is 0.882 bits per heavy atom. The van der Waals surface area contributed by atoms with Crippen LogP contribution in [-0.2, 0) is 14.8 Å². The maximum atomic E-state index is 13.5. The molecule has 1 aliphatic rings. The third-order valence-electron chi connectivity index (χ3n) is 5.63. The van der Waals surface area contributed by atoms with E-state index in [1.807, 2.05) is 0 Å². The van der Waals surface area contributed by atoms with Gasteiger partial charge in [-0.05, 0) is 48.5 Å². The Kier molecular flexibility index (Phi) is 7.30. The molecule has 0 aromatic heterocycles. The highest BCUT2D eigenvalue weighted by atomic mass is 35.5. The van der Waals surface area contributed by atoms with Gasteiger partial charge in [-0.15, -0.1) is 0 Å². The number of hydrogen-bond acceptors (Lipinski definition) is 4. The highest BCUT2D eigenvalue weighted by molar-refractivity contribution is 7.92. The van der Waals surface area contributed by atoms with Crippen molar-refractivity contribution in [3.63, 3.8) is 0 Å². The number of carbonyl (C=O) groups is 1. The average molecular weight is 522 g/mol. The maximum absolute atomic E-state index is 13.5. The molecule has 0 bridgehead atoms. The molecule has 1 saturated heterocycles. The van der Waals surface area contributed by atoms with E-state index in [1.54, 1.807) is 47.4 Å². The maximum Gasteiger partial charge on any atom is 0.264 e. The minimum absolute atomic E-state index is 0.0416. The van der Waals surface area contributed by atoms with Crippen LogP contribution in [0.25, 0.3) is 0 Å². The summed E-state index contributed by atoms with van der Waals surface area (Å²) < 4.78 is 41.2. The van der Waals surface area contributed by atoms with Crippen LogP contribution >= 0.6 is 23.2 Å². The number of carbonyl (C=O) groups excluding carboxylic acids is 1. The van der Waals surface area contributed by atoms with Crippen molar-refractivity contribution in [3.8, 4) is 0 Å². The lowest BCUT2D eigenvalue weighted by Gasteiger charge is -2.37. The topological polar surface area (TPSA) is 60.9 Å². The van der Waals surface area contributed by atoms with Gasteiger partial charge in [-0.2, -0.15) is 0 Å². The highest BCUT2D eigenvalue weighted by Crippen LogP contribution is 2.35. The molecule has 178 valence electrons. The highest BCUT2D eigenvalue weighted by Gasteiger charge is 2.31. The second-order valence-corrected chi connectivity index (χ2v) is 10.4. The standard InChI is InChI=1S/C24H22Cl2FN3O3S/c25-21-7-4-8-22(24(21)26)30(34(32,33)20-5-2-1-3-6-20)17-23(31)29-15-13-28(14-16-29)19-11-9-18(27)10-12-19/h1-12H,13-17H2. The number of piperazine rings is 1. The van der Waals surface area contributed by atoms with Crippen molar-refractivity contribution in [3.05, 3.63) is 88.7 Å². The quantitative estimate of drug-likeness (QED) is 0.472. The predicted octanol–water partition coefficient (Wildman–Crippen LogP) is 4.68. The van der Waals surface area contributed by atoms with Crippen LogP contribution in [0.4, 0.5) is 15.8 Å². The van der Waals surface area contributed by atoms with E-state index in [-0.39, 0.29) is 32.4 Å². The van der Waals surface area contributed by atoms with Gasteiger partial charge in [0.2, 0.25) is 5.91 Å². The SMILES string of the molecule is O=C(CN(c1cccc(Cl)c1Cl)S(=O)(=O)c1ccccc1)N1CCN(c2ccc(F)cc2)CC1. The van der Waals surface area contributed by atoms with Gasteiger partial charge in [-0.25, -0.2) is 12.8 Å². The van der Waals surface area contributed by atoms with Crippen molar-refractivity contribution >= 4 is 50.5 Å². The Bertz CT molecular complexity index is 1270. The van der Waals surface area contributed by atoms with Crippen LogP contribution < -0.4 is 9.21 Å². The normalized spacial score (nSPS) is 14.2. The van der Waals surface area contributed by atoms with Crippen molar-refractivity contribution < 1.29 is 17.6 Å². The third kappa shape index (κ3) is 5.14. The van der Waals surface area contributed by atoms with Crippen LogP contribution in [0.2, 0.25) is 10.0 Å². The lowest BCUT2D eigenvalue weighted by Crippen LogP contribution is -2.52. The lowest BCUT2D eigenvalue weighted by atomic mass is 10.2. The van der Waals surface area contributed by atoms with Crippen LogP contribution in [0, 0.1) is 5.82 Å². The van der Waals surface area contributed by atoms with E-state index < -0.39 is 16.6 Å². The molecule has 10 heteroatoms. The summed E-state index contributed by atoms with van der Waals surface area (Å²) in [6.45, 7) is 1.47. The molecule has 1 heterocycles. The van der Waals surface area contributed by atoms with Crippen LogP contribution in [-0.4, -0.2) is 51.9 Å². The van der Waals surface area contributed by atoms with E-state index in [0.29, 0.717) is 26.2 Å². The minimum atomic E-state index is -4.09. The summed E-state index contributed by atoms with van der Waals surface area (Å²) in [6, 6.07) is 18.7. The Labute approximate surface area is 208 Å². The van der Waals surface area contributed by atoms with Gasteiger partial charge in [-0.1, -0.05) is 47.5 Å². The van der Waals surface area contributed by atoms with Crippen molar-refractivity contribution in [1.82, 2.24) is 4.90 Å². The van der Waals surface area contributed by atoms with E-state index >= 15 is 0 Å². The van der Waals surface area contributed by atoms with Crippen molar-refractivity contribution in [2.75, 3.05) is 41.9 Å². The van der Waals surface area contributed by atoms with Crippen molar-refractivity contribution in [2.24, 2.45) is 0 Å². The molecular weight excluding hydrogens is 500 g/mol. The zero-order valence-electron chi connectivity index (χ0n) is 18.1. The molecular formula is C24H22Cl2FN3O3S. The molecule has 4 rings (SSSR count). The van der Waals surface area contributed by atoms with E-state index in [2.05, 4.69) is 4.90 Å². The summed E-state index contributed by atoms with van der Waals surface area (Å²) in [4.78, 5) is 16.9. The Morgan fingerprint density at radius 3 is 2.18 bits per heavy atom. The van der Waals surface area contributed by atoms with Gasteiger partial charge in [0.1, 0.15) is 12.4 Å². The summed E-state index contributed by atoms with van der Waals surface area (Å²) in [7, 11) is -4.09. The second kappa shape index (κ2) is 10.2. The Balaban J connectivity index is 1.55. The molecule has 0 radical (unpaired) electrons. The summed E-state index contributed by atoms with van der Waals surface area (Å²) in [5.74, 6) is -0.661. The fraction of sp³-hybridized carbons (Fsp3) is 0.208. The van der Waals surface area contributed by atoms with E-state index in [0.717, 1.165) is 9.99 Å². The van der Waals surface area contributed by atoms with Crippen LogP contribution in [0.15, 0.2) is 77.7 Å². The van der Waals surface area contributed by atoms with Gasteiger partial charge in [0, 0.05) is 31.9 Å². The Hall–Kier alpha value is -2.81. The summed E-state index contributed by atoms with van der Waals surface area (Å²) >= 11 is 12.5. The molecule has 0 spiro atoms. The van der Waals surface area contributed by atoms with Gasteiger partial charge in [0.05, 0.1) is 20.6 Å². The zero-order chi connectivity index (χ0) is 24.3. The molecule has 0 N–H and O–H groups in total. The minimum Gasteiger partial charge on any atom is -0.368 e. The van der Waals surface area contributed by atoms with E-state index in [9.17, 15) is 17.6 Å². The van der Waals surface area contributed by atoms with E-state index in [4.69, 9.17) is 23.2 Å². The molecule has 1 aliphatic heterocycles. The first-order chi connectivity index (χ1) is 16.3. The van der Waals surface area contributed by atoms with Crippen molar-refractivity contribution in [1.29, 1.82) is 0 Å². The van der Waals surface area contributed by atoms with Crippen molar-refractivity contribution in [2.45, 2.75) is 4.90 Å². The van der Waals surface area contributed by atoms with Crippen LogP contribution in [0.5, 0.6) is 0 Å². The molecule has 6 nitrogen and oxygen atoms in total. The monoisotopic (exact) mass is 521 g/mol. The molecule has 34 heavy (non-hydrogen) atoms. The number of anilines is 2. The largest absolute Gasteiger partial charge is 0.368 e. The van der Waals surface area contributed by atoms with Gasteiger partial charge in [0.15, 0.2) is 0 Å². The number of benzene rings is 3. The summed E-state index contributed by atoms with van der Waals surface area (Å²) in [5, 5.41) is 0.241. The molecule has 1 fully saturated rings. The molecule has 0 aliphatic carbocycles. The Morgan fingerprint density at radius 2 is 1.53 bits per heavy atom. The van der Waals surface area contributed by atoms with Gasteiger partial charge in [-0.3, -0.25) is 9.10 Å². The second-order valence-electron chi connectivity index (χ2n) is 7.74. The van der Waals surface area contributed by atoms with E-state index in [1.165, 1.54) is 30.3 Å². The predicted molar refractivity (Wildman–Crippen MR) is 133 cm³/mol. The number of amides is 1. The molecule has 0 unspecified atom stereocenters. The number of sulfonamides is 1. The smallest absolute Gasteiger partial charge is 0.264 e. The molecule has 0 saturated carbocycles. The van der Waals surface area contributed by atoms with Gasteiger partial charge >= 0.3 is 0 Å². The lowest BCUT2D eigenvalue weighted by molar-refractivity contribution is -0.129. The van der Waals surface area contributed by atoms with Gasteiger partial charge < -0.3 is 9.80 Å². The molecule has 1 amide bonds. The number of hydrogen-bond donors (Lipinski definition) is 0. The molecule has 0 atom stereocenters. The first-order valence-corrected chi connectivity index (χ1v) is 12.8. The average Bonchev–Trinajstić information content (AvgIpc) is 2.85. The first-order valence-electron chi connectivity index (χ1n) is 10.6. The van der Waals surface area contributed by atoms with Crippen LogP contribution in [0.3, 0.4) is 0 Å². The zero-order valence-corrected chi connectivity index (χ0v) is 20.4. The fourth-order valence-electron chi connectivity index (χ4n) is 3.79. The number of nitrogens with zero attached hydrogens (tertiary/aromatic N) is 3. The summed E-state index contributed by atoms with van der Waals surface area (Å²) in [6.07, 6.45) is 0. The first kappa shape index (κ1) is 24.3. The third-order valence-corrected chi connectivity index (χ3v) is 8.22. The fourth-order valence-corrected chi connectivity index (χ4v) is 5.69. The number of rotatable bonds is 6.